The highest BCUT2D eigenvalue weighted by Crippen LogP contribution is 2.39. The lowest BCUT2D eigenvalue weighted by Gasteiger charge is -2.37. The van der Waals surface area contributed by atoms with E-state index < -0.39 is 0 Å². The predicted molar refractivity (Wildman–Crippen MR) is 85.0 cm³/mol. The molecule has 1 aliphatic carbocycles. The molecule has 0 radical (unpaired) electrons. The predicted octanol–water partition coefficient (Wildman–Crippen LogP) is 1.84. The zero-order valence-corrected chi connectivity index (χ0v) is 13.4. The van der Waals surface area contributed by atoms with E-state index in [-0.39, 0.29) is 0 Å². The zero-order valence-electron chi connectivity index (χ0n) is 13.4. The molecule has 3 heterocycles. The number of anilines is 1. The number of hydrogen-bond acceptors (Lipinski definition) is 7. The van der Waals surface area contributed by atoms with Gasteiger partial charge in [0.15, 0.2) is 5.82 Å². The number of piperidine rings is 1. The quantitative estimate of drug-likeness (QED) is 0.834. The Balaban J connectivity index is 1.38. The van der Waals surface area contributed by atoms with Gasteiger partial charge in [-0.05, 0) is 44.9 Å². The largest absolute Gasteiger partial charge is 0.424 e. The van der Waals surface area contributed by atoms with Crippen molar-refractivity contribution in [2.75, 3.05) is 25.0 Å². The van der Waals surface area contributed by atoms with Gasteiger partial charge in [-0.15, -0.1) is 15.3 Å². The zero-order chi connectivity index (χ0) is 15.6. The van der Waals surface area contributed by atoms with Gasteiger partial charge in [-0.3, -0.25) is 4.90 Å². The van der Waals surface area contributed by atoms with Crippen LogP contribution in [0.25, 0.3) is 0 Å². The van der Waals surface area contributed by atoms with E-state index in [4.69, 9.17) is 4.42 Å². The van der Waals surface area contributed by atoms with Crippen LogP contribution < -0.4 is 4.90 Å². The molecule has 0 amide bonds. The van der Waals surface area contributed by atoms with E-state index in [1.54, 1.807) is 6.20 Å². The van der Waals surface area contributed by atoms with Crippen molar-refractivity contribution in [1.29, 1.82) is 0 Å². The first-order valence-electron chi connectivity index (χ1n) is 8.35. The van der Waals surface area contributed by atoms with E-state index in [1.807, 2.05) is 12.1 Å². The number of rotatable bonds is 5. The molecular formula is C16H22N6O. The van der Waals surface area contributed by atoms with Gasteiger partial charge in [0.05, 0.1) is 6.54 Å². The van der Waals surface area contributed by atoms with Gasteiger partial charge < -0.3 is 9.32 Å². The molecule has 2 aliphatic rings. The minimum Gasteiger partial charge on any atom is -0.424 e. The van der Waals surface area contributed by atoms with Crippen molar-refractivity contribution in [2.45, 2.75) is 44.2 Å². The van der Waals surface area contributed by atoms with Crippen LogP contribution in [0.4, 0.5) is 5.82 Å². The molecule has 7 heteroatoms. The van der Waals surface area contributed by atoms with Crippen LogP contribution in [0.3, 0.4) is 0 Å². The van der Waals surface area contributed by atoms with Crippen molar-refractivity contribution < 1.29 is 4.42 Å². The van der Waals surface area contributed by atoms with Gasteiger partial charge >= 0.3 is 0 Å². The van der Waals surface area contributed by atoms with Crippen molar-refractivity contribution >= 4 is 5.82 Å². The van der Waals surface area contributed by atoms with Gasteiger partial charge in [0.2, 0.25) is 11.8 Å². The van der Waals surface area contributed by atoms with Crippen LogP contribution in [0.2, 0.25) is 0 Å². The highest BCUT2D eigenvalue weighted by molar-refractivity contribution is 5.37. The summed E-state index contributed by atoms with van der Waals surface area (Å²) in [6.07, 6.45) is 6.42. The van der Waals surface area contributed by atoms with Gasteiger partial charge in [-0.2, -0.15) is 5.10 Å². The second-order valence-electron chi connectivity index (χ2n) is 6.55. The van der Waals surface area contributed by atoms with E-state index in [1.165, 1.54) is 19.3 Å². The molecule has 0 bridgehead atoms. The molecular weight excluding hydrogens is 292 g/mol. The van der Waals surface area contributed by atoms with Gasteiger partial charge in [0.25, 0.3) is 0 Å². The molecule has 7 nitrogen and oxygen atoms in total. The van der Waals surface area contributed by atoms with Crippen molar-refractivity contribution in [3.63, 3.8) is 0 Å². The Bertz CT molecular complexity index is 641. The fourth-order valence-corrected chi connectivity index (χ4v) is 3.15. The summed E-state index contributed by atoms with van der Waals surface area (Å²) >= 11 is 0. The number of hydrogen-bond donors (Lipinski definition) is 0. The first-order valence-corrected chi connectivity index (χ1v) is 8.35. The molecule has 4 rings (SSSR count). The summed E-state index contributed by atoms with van der Waals surface area (Å²) in [5, 5.41) is 16.6. The Morgan fingerprint density at radius 2 is 2.17 bits per heavy atom. The van der Waals surface area contributed by atoms with E-state index in [0.717, 1.165) is 37.1 Å². The molecule has 122 valence electrons. The lowest BCUT2D eigenvalue weighted by atomic mass is 10.0. The summed E-state index contributed by atoms with van der Waals surface area (Å²) < 4.78 is 5.78. The molecule has 1 saturated carbocycles. The molecule has 1 unspecified atom stereocenters. The molecule has 0 spiro atoms. The third kappa shape index (κ3) is 3.34. The SMILES string of the molecule is CN(Cc1nnc(C2CC2)o1)C1CCCN(c2cccnn2)C1. The van der Waals surface area contributed by atoms with Crippen LogP contribution in [0.15, 0.2) is 22.7 Å². The summed E-state index contributed by atoms with van der Waals surface area (Å²) in [4.78, 5) is 4.62. The summed E-state index contributed by atoms with van der Waals surface area (Å²) in [7, 11) is 2.13. The smallest absolute Gasteiger partial charge is 0.230 e. The number of likely N-dealkylation sites (N-methyl/N-ethyl adjacent to an activating group) is 1. The fraction of sp³-hybridized carbons (Fsp3) is 0.625. The van der Waals surface area contributed by atoms with Crippen LogP contribution in [-0.2, 0) is 6.54 Å². The summed E-state index contributed by atoms with van der Waals surface area (Å²) in [5.74, 6) is 3.02. The fourth-order valence-electron chi connectivity index (χ4n) is 3.15. The normalized spacial score (nSPS) is 21.8. The minimum atomic E-state index is 0.460. The van der Waals surface area contributed by atoms with E-state index >= 15 is 0 Å². The monoisotopic (exact) mass is 314 g/mol. The molecule has 0 N–H and O–H groups in total. The third-order valence-corrected chi connectivity index (χ3v) is 4.70. The van der Waals surface area contributed by atoms with E-state index in [9.17, 15) is 0 Å². The Hall–Kier alpha value is -2.02. The summed E-state index contributed by atoms with van der Waals surface area (Å²) in [5.41, 5.74) is 0. The lowest BCUT2D eigenvalue weighted by molar-refractivity contribution is 0.189. The van der Waals surface area contributed by atoms with Gasteiger partial charge in [-0.1, -0.05) is 0 Å². The topological polar surface area (TPSA) is 71.2 Å². The molecule has 1 saturated heterocycles. The Morgan fingerprint density at radius 3 is 2.96 bits per heavy atom. The van der Waals surface area contributed by atoms with Crippen LogP contribution in [0.5, 0.6) is 0 Å². The van der Waals surface area contributed by atoms with Gasteiger partial charge in [0.1, 0.15) is 0 Å². The van der Waals surface area contributed by atoms with Gasteiger partial charge in [-0.25, -0.2) is 0 Å². The van der Waals surface area contributed by atoms with Crippen LogP contribution in [0.1, 0.15) is 43.4 Å². The van der Waals surface area contributed by atoms with Crippen molar-refractivity contribution in [3.05, 3.63) is 30.1 Å². The third-order valence-electron chi connectivity index (χ3n) is 4.70. The first-order chi connectivity index (χ1) is 11.3. The maximum atomic E-state index is 5.78. The van der Waals surface area contributed by atoms with E-state index in [2.05, 4.69) is 37.2 Å². The summed E-state index contributed by atoms with van der Waals surface area (Å²) in [6, 6.07) is 4.42. The molecule has 2 aromatic rings. The molecule has 2 aromatic heterocycles. The second-order valence-corrected chi connectivity index (χ2v) is 6.55. The second kappa shape index (κ2) is 6.23. The van der Waals surface area contributed by atoms with Crippen molar-refractivity contribution in [1.82, 2.24) is 25.3 Å². The highest BCUT2D eigenvalue weighted by atomic mass is 16.4. The number of aromatic nitrogens is 4. The molecule has 0 aromatic carbocycles. The summed E-state index contributed by atoms with van der Waals surface area (Å²) in [6.45, 7) is 2.70. The number of nitrogens with zero attached hydrogens (tertiary/aromatic N) is 6. The van der Waals surface area contributed by atoms with Crippen LogP contribution >= 0.6 is 0 Å². The molecule has 1 aliphatic heterocycles. The Morgan fingerprint density at radius 1 is 1.26 bits per heavy atom. The van der Waals surface area contributed by atoms with Crippen molar-refractivity contribution in [2.24, 2.45) is 0 Å². The van der Waals surface area contributed by atoms with Crippen molar-refractivity contribution in [3.8, 4) is 0 Å². The average Bonchev–Trinajstić information content (AvgIpc) is 3.36. The maximum Gasteiger partial charge on any atom is 0.230 e. The first kappa shape index (κ1) is 14.6. The Labute approximate surface area is 135 Å². The highest BCUT2D eigenvalue weighted by Gasteiger charge is 2.30. The maximum absolute atomic E-state index is 5.78. The standard InChI is InChI=1S/C16H22N6O/c1-21(11-15-19-20-16(23-15)12-6-7-12)13-4-3-9-22(10-13)14-5-2-8-17-18-14/h2,5,8,12-13H,3-4,6-7,9-11H2,1H3. The van der Waals surface area contributed by atoms with Crippen LogP contribution in [0, 0.1) is 0 Å². The lowest BCUT2D eigenvalue weighted by Crippen LogP contribution is -2.46. The van der Waals surface area contributed by atoms with E-state index in [0.29, 0.717) is 18.5 Å². The molecule has 2 fully saturated rings. The van der Waals surface area contributed by atoms with Crippen LogP contribution in [-0.4, -0.2) is 51.5 Å². The van der Waals surface area contributed by atoms with Gasteiger partial charge in [0, 0.05) is 31.2 Å². The minimum absolute atomic E-state index is 0.460. The molecule has 1 atom stereocenters. The molecule has 23 heavy (non-hydrogen) atoms. The Kier molecular flexibility index (Phi) is 3.95. The average molecular weight is 314 g/mol.